The molecule has 2 nitrogen and oxygen atoms in total. The van der Waals surface area contributed by atoms with E-state index in [1.54, 1.807) is 0 Å². The van der Waals surface area contributed by atoms with Gasteiger partial charge in [0.25, 0.3) is 0 Å². The van der Waals surface area contributed by atoms with Crippen LogP contribution in [-0.4, -0.2) is 11.3 Å². The second-order valence-electron chi connectivity index (χ2n) is 2.08. The first-order chi connectivity index (χ1) is 5.43. The van der Waals surface area contributed by atoms with Crippen molar-refractivity contribution in [2.24, 2.45) is 0 Å². The second kappa shape index (κ2) is 3.10. The molecule has 0 aliphatic carbocycles. The van der Waals surface area contributed by atoms with E-state index in [1.165, 1.54) is 6.07 Å². The minimum atomic E-state index is -4.69. The monoisotopic (exact) mass is 244 g/mol. The van der Waals surface area contributed by atoms with E-state index >= 15 is 0 Å². The molecule has 12 heavy (non-hydrogen) atoms. The molecule has 1 unspecified atom stereocenters. The van der Waals surface area contributed by atoms with Crippen molar-refractivity contribution >= 4 is 15.9 Å². The Morgan fingerprint density at radius 2 is 2.08 bits per heavy atom. The molecule has 0 aliphatic heterocycles. The predicted octanol–water partition coefficient (Wildman–Crippen LogP) is 2.64. The summed E-state index contributed by atoms with van der Waals surface area (Å²) in [7, 11) is 0. The maximum absolute atomic E-state index is 11.9. The van der Waals surface area contributed by atoms with Crippen molar-refractivity contribution in [2.75, 3.05) is 0 Å². The summed E-state index contributed by atoms with van der Waals surface area (Å²) in [6, 6.07) is 1.28. The van der Waals surface area contributed by atoms with Crippen LogP contribution < -0.4 is 0 Å². The van der Waals surface area contributed by atoms with Crippen LogP contribution in [0.1, 0.15) is 11.9 Å². The lowest BCUT2D eigenvalue weighted by Crippen LogP contribution is -2.19. The van der Waals surface area contributed by atoms with Crippen molar-refractivity contribution in [3.63, 3.8) is 0 Å². The molecule has 1 rings (SSSR count). The largest absolute Gasteiger partial charge is 0.465 e. The van der Waals surface area contributed by atoms with Gasteiger partial charge in [-0.15, -0.1) is 0 Å². The average Bonchev–Trinajstić information content (AvgIpc) is 2.31. The fraction of sp³-hybridized carbons (Fsp3) is 0.333. The fourth-order valence-corrected chi connectivity index (χ4v) is 1.07. The van der Waals surface area contributed by atoms with Crippen LogP contribution in [0.15, 0.2) is 21.2 Å². The van der Waals surface area contributed by atoms with E-state index in [1.807, 2.05) is 0 Å². The molecular formula is C6H4BrF3O2. The first kappa shape index (κ1) is 9.60. The van der Waals surface area contributed by atoms with Gasteiger partial charge in [0.05, 0.1) is 10.7 Å². The van der Waals surface area contributed by atoms with Gasteiger partial charge in [-0.05, 0) is 22.0 Å². The molecule has 0 aromatic carbocycles. The highest BCUT2D eigenvalue weighted by molar-refractivity contribution is 9.10. The third-order valence-electron chi connectivity index (χ3n) is 1.20. The Labute approximate surface area is 74.1 Å². The molecule has 0 saturated heterocycles. The van der Waals surface area contributed by atoms with Crippen LogP contribution in [-0.2, 0) is 0 Å². The van der Waals surface area contributed by atoms with Gasteiger partial charge < -0.3 is 9.52 Å². The van der Waals surface area contributed by atoms with Gasteiger partial charge in [-0.25, -0.2) is 0 Å². The second-order valence-corrected chi connectivity index (χ2v) is 2.93. The van der Waals surface area contributed by atoms with Gasteiger partial charge in [0.15, 0.2) is 5.76 Å². The molecule has 68 valence electrons. The summed E-state index contributed by atoms with van der Waals surface area (Å²) >= 11 is 2.81. The van der Waals surface area contributed by atoms with Gasteiger partial charge in [-0.3, -0.25) is 0 Å². The lowest BCUT2D eigenvalue weighted by Gasteiger charge is -2.11. The molecule has 0 aliphatic rings. The Morgan fingerprint density at radius 3 is 2.42 bits per heavy atom. The lowest BCUT2D eigenvalue weighted by molar-refractivity contribution is -0.211. The van der Waals surface area contributed by atoms with Crippen molar-refractivity contribution in [3.05, 3.63) is 22.6 Å². The molecule has 1 aromatic rings. The minimum Gasteiger partial charge on any atom is -0.465 e. The van der Waals surface area contributed by atoms with E-state index in [-0.39, 0.29) is 4.47 Å². The summed E-state index contributed by atoms with van der Waals surface area (Å²) in [5.41, 5.74) is 0. The van der Waals surface area contributed by atoms with E-state index in [0.29, 0.717) is 0 Å². The van der Waals surface area contributed by atoms with E-state index in [0.717, 1.165) is 6.26 Å². The average molecular weight is 245 g/mol. The molecule has 1 N–H and O–H groups in total. The SMILES string of the molecule is OC(c1occc1Br)C(F)(F)F. The number of rotatable bonds is 1. The Balaban J connectivity index is 2.92. The van der Waals surface area contributed by atoms with Crippen molar-refractivity contribution < 1.29 is 22.7 Å². The number of hydrogen-bond donors (Lipinski definition) is 1. The molecule has 0 spiro atoms. The molecule has 0 bridgehead atoms. The van der Waals surface area contributed by atoms with Gasteiger partial charge in [-0.2, -0.15) is 13.2 Å². The zero-order chi connectivity index (χ0) is 9.35. The van der Waals surface area contributed by atoms with Gasteiger partial charge in [0, 0.05) is 0 Å². The van der Waals surface area contributed by atoms with Gasteiger partial charge >= 0.3 is 6.18 Å². The smallest absolute Gasteiger partial charge is 0.421 e. The van der Waals surface area contributed by atoms with Crippen LogP contribution in [0, 0.1) is 0 Å². The maximum atomic E-state index is 11.9. The van der Waals surface area contributed by atoms with Crippen LogP contribution in [0.4, 0.5) is 13.2 Å². The summed E-state index contributed by atoms with van der Waals surface area (Å²) in [6.45, 7) is 0. The molecular weight excluding hydrogens is 241 g/mol. The number of hydrogen-bond acceptors (Lipinski definition) is 2. The van der Waals surface area contributed by atoms with Crippen LogP contribution in [0.3, 0.4) is 0 Å². The number of aliphatic hydroxyl groups is 1. The van der Waals surface area contributed by atoms with E-state index in [4.69, 9.17) is 5.11 Å². The molecule has 0 fully saturated rings. The van der Waals surface area contributed by atoms with E-state index < -0.39 is 18.0 Å². The van der Waals surface area contributed by atoms with Crippen LogP contribution in [0.25, 0.3) is 0 Å². The molecule has 1 atom stereocenters. The first-order valence-corrected chi connectivity index (χ1v) is 3.70. The number of furan rings is 1. The van der Waals surface area contributed by atoms with Gasteiger partial charge in [0.2, 0.25) is 6.10 Å². The molecule has 1 heterocycles. The number of alkyl halides is 3. The van der Waals surface area contributed by atoms with E-state index in [9.17, 15) is 13.2 Å². The standard InChI is InChI=1S/C6H4BrF3O2/c7-3-1-2-12-4(3)5(11)6(8,9)10/h1-2,5,11H. The van der Waals surface area contributed by atoms with E-state index in [2.05, 4.69) is 20.3 Å². The topological polar surface area (TPSA) is 33.4 Å². The Morgan fingerprint density at radius 1 is 1.50 bits per heavy atom. The normalized spacial score (nSPS) is 14.8. The van der Waals surface area contributed by atoms with Crippen LogP contribution >= 0.6 is 15.9 Å². The summed E-state index contributed by atoms with van der Waals surface area (Å²) < 4.78 is 40.1. The summed E-state index contributed by atoms with van der Waals surface area (Å²) in [5, 5.41) is 8.68. The predicted molar refractivity (Wildman–Crippen MR) is 37.4 cm³/mol. The van der Waals surface area contributed by atoms with Crippen molar-refractivity contribution in [1.82, 2.24) is 0 Å². The molecule has 0 amide bonds. The van der Waals surface area contributed by atoms with Crippen molar-refractivity contribution in [3.8, 4) is 0 Å². The molecule has 0 radical (unpaired) electrons. The van der Waals surface area contributed by atoms with Gasteiger partial charge in [-0.1, -0.05) is 0 Å². The third kappa shape index (κ3) is 1.81. The van der Waals surface area contributed by atoms with Crippen molar-refractivity contribution in [1.29, 1.82) is 0 Å². The maximum Gasteiger partial charge on any atom is 0.421 e. The quantitative estimate of drug-likeness (QED) is 0.824. The lowest BCUT2D eigenvalue weighted by atomic mass is 10.3. The first-order valence-electron chi connectivity index (χ1n) is 2.90. The molecule has 1 aromatic heterocycles. The Kier molecular flexibility index (Phi) is 2.48. The molecule has 6 heteroatoms. The third-order valence-corrected chi connectivity index (χ3v) is 1.86. The number of halogens is 4. The Bertz CT molecular complexity index is 268. The highest BCUT2D eigenvalue weighted by Gasteiger charge is 2.42. The fourth-order valence-electron chi connectivity index (χ4n) is 0.649. The minimum absolute atomic E-state index is 0.104. The van der Waals surface area contributed by atoms with Crippen molar-refractivity contribution in [2.45, 2.75) is 12.3 Å². The summed E-state index contributed by atoms with van der Waals surface area (Å²) in [4.78, 5) is 0. The number of aliphatic hydroxyl groups excluding tert-OH is 1. The zero-order valence-electron chi connectivity index (χ0n) is 5.60. The summed E-state index contributed by atoms with van der Waals surface area (Å²) in [5.74, 6) is -0.525. The Hall–Kier alpha value is -0.490. The van der Waals surface area contributed by atoms with Crippen LogP contribution in [0.2, 0.25) is 0 Å². The highest BCUT2D eigenvalue weighted by Crippen LogP contribution is 2.36. The highest BCUT2D eigenvalue weighted by atomic mass is 79.9. The summed E-state index contributed by atoms with van der Waals surface area (Å²) in [6.07, 6.45) is -6.20. The van der Waals surface area contributed by atoms with Crippen LogP contribution in [0.5, 0.6) is 0 Å². The molecule has 0 saturated carbocycles. The van der Waals surface area contributed by atoms with Gasteiger partial charge in [0.1, 0.15) is 0 Å². The zero-order valence-corrected chi connectivity index (χ0v) is 7.19.